The molecule has 34 heavy (non-hydrogen) atoms. The van der Waals surface area contributed by atoms with E-state index in [1.165, 1.54) is 16.7 Å². The molecule has 2 aromatic carbocycles. The molecule has 2 aromatic rings. The molecule has 1 atom stereocenters. The number of benzene rings is 2. The number of carbonyl (C=O) groups excluding carboxylic acids is 4. The summed E-state index contributed by atoms with van der Waals surface area (Å²) in [6.45, 7) is 10.8. The zero-order chi connectivity index (χ0) is 24.9. The van der Waals surface area contributed by atoms with Crippen LogP contribution < -0.4 is 4.90 Å². The molecule has 7 nitrogen and oxygen atoms in total. The fourth-order valence-electron chi connectivity index (χ4n) is 5.62. The lowest BCUT2D eigenvalue weighted by atomic mass is 9.91. The van der Waals surface area contributed by atoms with Gasteiger partial charge in [-0.3, -0.25) is 19.3 Å². The van der Waals surface area contributed by atoms with Crippen molar-refractivity contribution in [1.82, 2.24) is 4.90 Å². The molecule has 2 aliphatic rings. The SMILES string of the molecule is CC(=O)c1c(C)cc(C)c(COC(=O)C23CCC(=O)N2c2ccccc2C(=O)N3C(C)C)c1C. The normalized spacial score (nSPS) is 19.4. The first-order valence-electron chi connectivity index (χ1n) is 11.6. The molecule has 1 unspecified atom stereocenters. The second kappa shape index (κ2) is 8.38. The Morgan fingerprint density at radius 1 is 1.09 bits per heavy atom. The highest BCUT2D eigenvalue weighted by atomic mass is 16.5. The van der Waals surface area contributed by atoms with Crippen LogP contribution >= 0.6 is 0 Å². The first-order valence-corrected chi connectivity index (χ1v) is 11.6. The number of fused-ring (bicyclic) bond motifs is 3. The molecule has 0 N–H and O–H groups in total. The molecule has 1 fully saturated rings. The molecular formula is C27H30N2O5. The molecule has 178 valence electrons. The zero-order valence-corrected chi connectivity index (χ0v) is 20.5. The fraction of sp³-hybridized carbons (Fsp3) is 0.407. The number of nitrogens with zero attached hydrogens (tertiary/aromatic N) is 2. The molecule has 0 radical (unpaired) electrons. The van der Waals surface area contributed by atoms with Gasteiger partial charge in [-0.1, -0.05) is 18.2 Å². The number of rotatable bonds is 5. The minimum absolute atomic E-state index is 0.0470. The lowest BCUT2D eigenvalue weighted by Gasteiger charge is -2.50. The topological polar surface area (TPSA) is 84.0 Å². The van der Waals surface area contributed by atoms with Crippen molar-refractivity contribution in [3.8, 4) is 0 Å². The number of hydrogen-bond donors (Lipinski definition) is 0. The minimum atomic E-state index is -1.54. The Hall–Kier alpha value is -3.48. The van der Waals surface area contributed by atoms with Gasteiger partial charge < -0.3 is 9.64 Å². The average Bonchev–Trinajstić information content (AvgIpc) is 3.10. The number of anilines is 1. The van der Waals surface area contributed by atoms with Crippen LogP contribution in [0, 0.1) is 20.8 Å². The minimum Gasteiger partial charge on any atom is -0.458 e. The number of ether oxygens (including phenoxy) is 1. The number of Topliss-reactive ketones (excluding diaryl/α,β-unsaturated/α-hetero) is 1. The highest BCUT2D eigenvalue weighted by Crippen LogP contribution is 2.46. The monoisotopic (exact) mass is 462 g/mol. The van der Waals surface area contributed by atoms with Gasteiger partial charge in [-0.05, 0) is 75.9 Å². The maximum Gasteiger partial charge on any atom is 0.354 e. The van der Waals surface area contributed by atoms with Crippen LogP contribution in [0.25, 0.3) is 0 Å². The van der Waals surface area contributed by atoms with Crippen molar-refractivity contribution >= 4 is 29.3 Å². The number of para-hydroxylation sites is 1. The number of hydrogen-bond acceptors (Lipinski definition) is 5. The van der Waals surface area contributed by atoms with Gasteiger partial charge in [0, 0.05) is 24.4 Å². The van der Waals surface area contributed by atoms with Crippen LogP contribution in [0.2, 0.25) is 0 Å². The molecule has 0 saturated carbocycles. The fourth-order valence-corrected chi connectivity index (χ4v) is 5.62. The van der Waals surface area contributed by atoms with Crippen LogP contribution in [-0.2, 0) is 20.9 Å². The molecule has 1 saturated heterocycles. The van der Waals surface area contributed by atoms with Crippen LogP contribution in [0.5, 0.6) is 0 Å². The Balaban J connectivity index is 1.77. The predicted octanol–water partition coefficient (Wildman–Crippen LogP) is 4.25. The van der Waals surface area contributed by atoms with Crippen LogP contribution in [0.15, 0.2) is 30.3 Å². The van der Waals surface area contributed by atoms with E-state index in [4.69, 9.17) is 4.74 Å². The summed E-state index contributed by atoms with van der Waals surface area (Å²) in [5.41, 5.74) is 3.25. The number of aryl methyl sites for hydroxylation is 2. The van der Waals surface area contributed by atoms with E-state index in [0.29, 0.717) is 16.8 Å². The maximum atomic E-state index is 13.8. The van der Waals surface area contributed by atoms with E-state index in [-0.39, 0.29) is 43.1 Å². The maximum absolute atomic E-state index is 13.8. The molecular weight excluding hydrogens is 432 g/mol. The van der Waals surface area contributed by atoms with Crippen molar-refractivity contribution in [2.75, 3.05) is 4.90 Å². The lowest BCUT2D eigenvalue weighted by Crippen LogP contribution is -2.70. The highest BCUT2D eigenvalue weighted by molar-refractivity contribution is 6.15. The van der Waals surface area contributed by atoms with E-state index in [9.17, 15) is 19.2 Å². The molecule has 2 heterocycles. The third-order valence-corrected chi connectivity index (χ3v) is 6.97. The molecule has 2 amide bonds. The summed E-state index contributed by atoms with van der Waals surface area (Å²) in [6.07, 6.45) is 0.296. The van der Waals surface area contributed by atoms with E-state index in [1.54, 1.807) is 24.3 Å². The number of ketones is 1. The number of carbonyl (C=O) groups is 4. The van der Waals surface area contributed by atoms with Crippen molar-refractivity contribution in [3.63, 3.8) is 0 Å². The van der Waals surface area contributed by atoms with Gasteiger partial charge in [0.25, 0.3) is 5.91 Å². The van der Waals surface area contributed by atoms with Gasteiger partial charge in [0.2, 0.25) is 11.6 Å². The molecule has 4 rings (SSSR count). The van der Waals surface area contributed by atoms with Crippen LogP contribution in [0.1, 0.15) is 76.6 Å². The summed E-state index contributed by atoms with van der Waals surface area (Å²) in [6, 6.07) is 8.45. The van der Waals surface area contributed by atoms with E-state index >= 15 is 0 Å². The van der Waals surface area contributed by atoms with Gasteiger partial charge in [-0.2, -0.15) is 0 Å². The van der Waals surface area contributed by atoms with E-state index in [1.807, 2.05) is 40.7 Å². The van der Waals surface area contributed by atoms with Crippen molar-refractivity contribution < 1.29 is 23.9 Å². The molecule has 0 aromatic heterocycles. The summed E-state index contributed by atoms with van der Waals surface area (Å²) in [5, 5.41) is 0. The highest BCUT2D eigenvalue weighted by Gasteiger charge is 2.62. The summed E-state index contributed by atoms with van der Waals surface area (Å²) >= 11 is 0. The van der Waals surface area contributed by atoms with Gasteiger partial charge in [0.15, 0.2) is 5.78 Å². The smallest absolute Gasteiger partial charge is 0.354 e. The van der Waals surface area contributed by atoms with Crippen molar-refractivity contribution in [3.05, 3.63) is 63.7 Å². The van der Waals surface area contributed by atoms with Crippen molar-refractivity contribution in [2.45, 2.75) is 72.7 Å². The second-order valence-corrected chi connectivity index (χ2v) is 9.45. The van der Waals surface area contributed by atoms with Gasteiger partial charge >= 0.3 is 5.97 Å². The quantitative estimate of drug-likeness (QED) is 0.490. The predicted molar refractivity (Wildman–Crippen MR) is 128 cm³/mol. The standard InChI is InChI=1S/C27H30N2O5/c1-15(2)28-25(32)20-9-7-8-10-22(20)29-23(31)11-12-27(28,29)26(33)34-14-21-16(3)13-17(4)24(18(21)5)19(6)30/h7-10,13,15H,11-12,14H2,1-6H3. The number of amides is 2. The molecule has 7 heteroatoms. The molecule has 0 bridgehead atoms. The summed E-state index contributed by atoms with van der Waals surface area (Å²) < 4.78 is 5.86. The first-order chi connectivity index (χ1) is 16.0. The third-order valence-electron chi connectivity index (χ3n) is 6.97. The molecule has 0 aliphatic carbocycles. The second-order valence-electron chi connectivity index (χ2n) is 9.45. The van der Waals surface area contributed by atoms with E-state index < -0.39 is 11.6 Å². The third kappa shape index (κ3) is 3.33. The largest absolute Gasteiger partial charge is 0.458 e. The Kier molecular flexibility index (Phi) is 5.84. The van der Waals surface area contributed by atoms with Crippen LogP contribution in [0.4, 0.5) is 5.69 Å². The average molecular weight is 463 g/mol. The lowest BCUT2D eigenvalue weighted by molar-refractivity contribution is -0.159. The Bertz CT molecular complexity index is 1230. The molecule has 2 aliphatic heterocycles. The van der Waals surface area contributed by atoms with Crippen molar-refractivity contribution in [2.24, 2.45) is 0 Å². The zero-order valence-electron chi connectivity index (χ0n) is 20.5. The van der Waals surface area contributed by atoms with E-state index in [0.717, 1.165) is 22.3 Å². The number of esters is 1. The summed E-state index contributed by atoms with van der Waals surface area (Å²) in [4.78, 5) is 55.5. The van der Waals surface area contributed by atoms with Gasteiger partial charge in [0.05, 0.1) is 11.3 Å². The Morgan fingerprint density at radius 3 is 2.41 bits per heavy atom. The van der Waals surface area contributed by atoms with Crippen molar-refractivity contribution in [1.29, 1.82) is 0 Å². The van der Waals surface area contributed by atoms with Gasteiger partial charge in [-0.25, -0.2) is 4.79 Å². The van der Waals surface area contributed by atoms with Crippen LogP contribution in [0.3, 0.4) is 0 Å². The van der Waals surface area contributed by atoms with Gasteiger partial charge in [-0.15, -0.1) is 0 Å². The molecule has 0 spiro atoms. The van der Waals surface area contributed by atoms with Crippen LogP contribution in [-0.4, -0.2) is 40.2 Å². The summed E-state index contributed by atoms with van der Waals surface area (Å²) in [5.74, 6) is -1.20. The van der Waals surface area contributed by atoms with E-state index in [2.05, 4.69) is 0 Å². The Morgan fingerprint density at radius 2 is 1.76 bits per heavy atom. The Labute approximate surface area is 199 Å². The first kappa shape index (κ1) is 23.7. The van der Waals surface area contributed by atoms with Gasteiger partial charge in [0.1, 0.15) is 6.61 Å². The summed E-state index contributed by atoms with van der Waals surface area (Å²) in [7, 11) is 0.